The topological polar surface area (TPSA) is 102 Å². The number of carbonyl (C=O) groups excluding carboxylic acids is 2. The zero-order valence-corrected chi connectivity index (χ0v) is 17.2. The highest BCUT2D eigenvalue weighted by Gasteiger charge is 2.16. The summed E-state index contributed by atoms with van der Waals surface area (Å²) in [5.74, 6) is 1.03. The van der Waals surface area contributed by atoms with Crippen LogP contribution in [-0.4, -0.2) is 32.5 Å². The molecule has 0 aliphatic carbocycles. The van der Waals surface area contributed by atoms with Crippen LogP contribution in [0, 0.1) is 6.92 Å². The molecule has 2 aromatic heterocycles. The first-order valence-electron chi connectivity index (χ1n) is 9.30. The Hall–Kier alpha value is -3.07. The minimum Gasteiger partial charge on any atom is -0.467 e. The summed E-state index contributed by atoms with van der Waals surface area (Å²) >= 11 is 1.25. The molecule has 0 bridgehead atoms. The number of furan rings is 1. The summed E-state index contributed by atoms with van der Waals surface area (Å²) in [5.41, 5.74) is 2.13. The van der Waals surface area contributed by atoms with Gasteiger partial charge in [0, 0.05) is 12.1 Å². The maximum Gasteiger partial charge on any atom is 0.321 e. The molecule has 8 nitrogen and oxygen atoms in total. The van der Waals surface area contributed by atoms with Crippen LogP contribution in [0.2, 0.25) is 0 Å². The maximum absolute atomic E-state index is 12.1. The predicted molar refractivity (Wildman–Crippen MR) is 110 cm³/mol. The van der Waals surface area contributed by atoms with E-state index in [2.05, 4.69) is 33.8 Å². The van der Waals surface area contributed by atoms with E-state index in [0.29, 0.717) is 10.9 Å². The van der Waals surface area contributed by atoms with Crippen molar-refractivity contribution in [2.24, 2.45) is 0 Å². The quantitative estimate of drug-likeness (QED) is 0.549. The number of aryl methyl sites for hydroxylation is 1. The highest BCUT2D eigenvalue weighted by molar-refractivity contribution is 7.99. The van der Waals surface area contributed by atoms with Crippen molar-refractivity contribution in [1.82, 2.24) is 25.4 Å². The second-order valence-electron chi connectivity index (χ2n) is 6.43. The number of rotatable bonds is 8. The number of nitrogens with one attached hydrogen (secondary N) is 2. The van der Waals surface area contributed by atoms with Crippen molar-refractivity contribution in [1.29, 1.82) is 0 Å². The Morgan fingerprint density at radius 2 is 2.07 bits per heavy atom. The zero-order chi connectivity index (χ0) is 20.6. The highest BCUT2D eigenvalue weighted by atomic mass is 32.2. The molecule has 2 heterocycles. The van der Waals surface area contributed by atoms with Crippen LogP contribution in [0.1, 0.15) is 24.7 Å². The van der Waals surface area contributed by atoms with E-state index in [1.165, 1.54) is 18.0 Å². The van der Waals surface area contributed by atoms with E-state index >= 15 is 0 Å². The number of aromatic nitrogens is 3. The Morgan fingerprint density at radius 3 is 2.79 bits per heavy atom. The number of amides is 3. The van der Waals surface area contributed by atoms with Gasteiger partial charge in [-0.15, -0.1) is 10.2 Å². The molecule has 0 aliphatic heterocycles. The molecular formula is C20H23N5O3S. The smallest absolute Gasteiger partial charge is 0.321 e. The molecule has 3 amide bonds. The highest BCUT2D eigenvalue weighted by Crippen LogP contribution is 2.24. The fourth-order valence-corrected chi connectivity index (χ4v) is 3.50. The molecular weight excluding hydrogens is 390 g/mol. The van der Waals surface area contributed by atoms with E-state index in [1.54, 1.807) is 12.1 Å². The normalized spacial score (nSPS) is 10.7. The lowest BCUT2D eigenvalue weighted by Crippen LogP contribution is -2.39. The molecule has 3 rings (SSSR count). The van der Waals surface area contributed by atoms with Gasteiger partial charge in [-0.05, 0) is 31.5 Å². The molecule has 3 aromatic rings. The fourth-order valence-electron chi connectivity index (χ4n) is 2.74. The Bertz CT molecular complexity index is 968. The average Bonchev–Trinajstić information content (AvgIpc) is 3.35. The molecule has 2 N–H and O–H groups in total. The molecule has 0 aliphatic rings. The number of thioether (sulfide) groups is 1. The van der Waals surface area contributed by atoms with Gasteiger partial charge in [0.15, 0.2) is 11.0 Å². The molecule has 0 saturated carbocycles. The molecule has 0 unspecified atom stereocenters. The van der Waals surface area contributed by atoms with Crippen LogP contribution in [-0.2, 0) is 17.9 Å². The first-order chi connectivity index (χ1) is 14.1. The molecule has 0 atom stereocenters. The van der Waals surface area contributed by atoms with Gasteiger partial charge in [0.1, 0.15) is 5.76 Å². The van der Waals surface area contributed by atoms with Crippen LogP contribution in [0.4, 0.5) is 4.79 Å². The Labute approximate surface area is 173 Å². The number of nitrogens with zero attached hydrogens (tertiary/aromatic N) is 3. The minimum absolute atomic E-state index is 0.0594. The van der Waals surface area contributed by atoms with Crippen LogP contribution in [0.25, 0.3) is 11.4 Å². The average molecular weight is 414 g/mol. The van der Waals surface area contributed by atoms with Gasteiger partial charge in [0.05, 0.1) is 18.6 Å². The lowest BCUT2D eigenvalue weighted by molar-refractivity contribution is -0.117. The molecule has 0 saturated heterocycles. The van der Waals surface area contributed by atoms with Gasteiger partial charge in [0.2, 0.25) is 5.91 Å². The van der Waals surface area contributed by atoms with E-state index in [4.69, 9.17) is 4.42 Å². The number of hydrogen-bond acceptors (Lipinski definition) is 6. The Balaban J connectivity index is 1.58. The molecule has 1 aromatic carbocycles. The Morgan fingerprint density at radius 1 is 1.21 bits per heavy atom. The van der Waals surface area contributed by atoms with Crippen LogP contribution in [0.3, 0.4) is 0 Å². The first-order valence-corrected chi connectivity index (χ1v) is 10.3. The van der Waals surface area contributed by atoms with Crippen molar-refractivity contribution in [2.75, 3.05) is 5.75 Å². The van der Waals surface area contributed by atoms with Gasteiger partial charge in [-0.25, -0.2) is 4.79 Å². The van der Waals surface area contributed by atoms with Crippen molar-refractivity contribution in [3.8, 4) is 11.4 Å². The van der Waals surface area contributed by atoms with E-state index in [-0.39, 0.29) is 12.3 Å². The predicted octanol–water partition coefficient (Wildman–Crippen LogP) is 3.37. The van der Waals surface area contributed by atoms with Gasteiger partial charge < -0.3 is 14.3 Å². The molecule has 152 valence electrons. The standard InChI is InChI=1S/C20H23N5O3S/c1-3-9-25-18(15-7-4-6-14(2)11-15)23-24-20(25)29-13-17(26)22-19(27)21-12-16-8-5-10-28-16/h4-8,10-11H,3,9,12-13H2,1-2H3,(H2,21,22,26,27). The summed E-state index contributed by atoms with van der Waals surface area (Å²) in [6.07, 6.45) is 2.43. The van der Waals surface area contributed by atoms with Gasteiger partial charge in [-0.1, -0.05) is 42.4 Å². The number of benzene rings is 1. The molecule has 29 heavy (non-hydrogen) atoms. The molecule has 0 fully saturated rings. The van der Waals surface area contributed by atoms with Crippen molar-refractivity contribution >= 4 is 23.7 Å². The SMILES string of the molecule is CCCn1c(SCC(=O)NC(=O)NCc2ccco2)nnc1-c1cccc(C)c1. The van der Waals surface area contributed by atoms with Crippen molar-refractivity contribution in [3.05, 3.63) is 54.0 Å². The van der Waals surface area contributed by atoms with Crippen molar-refractivity contribution in [2.45, 2.75) is 38.5 Å². The van der Waals surface area contributed by atoms with Gasteiger partial charge in [-0.3, -0.25) is 10.1 Å². The maximum atomic E-state index is 12.1. The van der Waals surface area contributed by atoms with Crippen LogP contribution < -0.4 is 10.6 Å². The van der Waals surface area contributed by atoms with Gasteiger partial charge in [-0.2, -0.15) is 0 Å². The van der Waals surface area contributed by atoms with Crippen molar-refractivity contribution < 1.29 is 14.0 Å². The van der Waals surface area contributed by atoms with Crippen LogP contribution in [0.15, 0.2) is 52.2 Å². The lowest BCUT2D eigenvalue weighted by atomic mass is 10.1. The summed E-state index contributed by atoms with van der Waals surface area (Å²) in [6, 6.07) is 11.0. The third kappa shape index (κ3) is 5.71. The second-order valence-corrected chi connectivity index (χ2v) is 7.37. The third-order valence-corrected chi connectivity index (χ3v) is 5.00. The molecule has 0 radical (unpaired) electrons. The number of urea groups is 1. The Kier molecular flexibility index (Phi) is 7.07. The first kappa shape index (κ1) is 20.7. The summed E-state index contributed by atoms with van der Waals surface area (Å²) < 4.78 is 7.13. The molecule has 9 heteroatoms. The lowest BCUT2D eigenvalue weighted by Gasteiger charge is -2.09. The number of hydrogen-bond donors (Lipinski definition) is 2. The van der Waals surface area contributed by atoms with Gasteiger partial charge in [0.25, 0.3) is 0 Å². The largest absolute Gasteiger partial charge is 0.467 e. The minimum atomic E-state index is -0.567. The molecule has 0 spiro atoms. The van der Waals surface area contributed by atoms with Crippen LogP contribution in [0.5, 0.6) is 0 Å². The zero-order valence-electron chi connectivity index (χ0n) is 16.3. The third-order valence-electron chi connectivity index (χ3n) is 4.03. The summed E-state index contributed by atoms with van der Waals surface area (Å²) in [7, 11) is 0. The number of carbonyl (C=O) groups is 2. The van der Waals surface area contributed by atoms with Crippen LogP contribution >= 0.6 is 11.8 Å². The van der Waals surface area contributed by atoms with E-state index in [9.17, 15) is 9.59 Å². The number of imide groups is 1. The fraction of sp³-hybridized carbons (Fsp3) is 0.300. The summed E-state index contributed by atoms with van der Waals surface area (Å²) in [5, 5.41) is 14.1. The van der Waals surface area contributed by atoms with Crippen molar-refractivity contribution in [3.63, 3.8) is 0 Å². The summed E-state index contributed by atoms with van der Waals surface area (Å²) in [6.45, 7) is 5.05. The van der Waals surface area contributed by atoms with E-state index in [1.807, 2.05) is 29.7 Å². The second kappa shape index (κ2) is 9.92. The van der Waals surface area contributed by atoms with E-state index in [0.717, 1.165) is 29.9 Å². The monoisotopic (exact) mass is 413 g/mol. The van der Waals surface area contributed by atoms with E-state index < -0.39 is 11.9 Å². The van der Waals surface area contributed by atoms with Gasteiger partial charge >= 0.3 is 6.03 Å². The summed E-state index contributed by atoms with van der Waals surface area (Å²) in [4.78, 5) is 23.9.